The Bertz CT molecular complexity index is 523. The number of fused-ring (bicyclic) bond motifs is 2. The van der Waals surface area contributed by atoms with Crippen molar-refractivity contribution in [2.75, 3.05) is 12.4 Å². The number of rotatable bonds is 3. The summed E-state index contributed by atoms with van der Waals surface area (Å²) >= 11 is 11.5. The van der Waals surface area contributed by atoms with Gasteiger partial charge in [-0.3, -0.25) is 0 Å². The number of anilines is 1. The number of nitrogens with one attached hydrogen (secondary N) is 2. The van der Waals surface area contributed by atoms with Crippen molar-refractivity contribution < 1.29 is 4.74 Å². The predicted molar refractivity (Wildman–Crippen MR) is 86.6 cm³/mol. The topological polar surface area (TPSA) is 33.3 Å². The highest BCUT2D eigenvalue weighted by molar-refractivity contribution is 7.80. The molecule has 3 nitrogen and oxygen atoms in total. The summed E-state index contributed by atoms with van der Waals surface area (Å²) in [6, 6.07) is 6.13. The summed E-state index contributed by atoms with van der Waals surface area (Å²) in [5.41, 5.74) is 0.886. The molecule has 0 unspecified atom stereocenters. The minimum absolute atomic E-state index is 0.544. The smallest absolute Gasteiger partial charge is 0.171 e. The maximum Gasteiger partial charge on any atom is 0.171 e. The zero-order valence-electron chi connectivity index (χ0n) is 11.5. The third-order valence-corrected chi connectivity index (χ3v) is 4.98. The highest BCUT2D eigenvalue weighted by atomic mass is 35.5. The third kappa shape index (κ3) is 2.86. The SMILES string of the molecule is COc1ccc(NC(=S)N[C@@H]2C[C@@H]3CC[C@@H]2C3)cc1Cl. The molecule has 0 saturated heterocycles. The number of thiocarbonyl (C=S) groups is 1. The van der Waals surface area contributed by atoms with Crippen molar-refractivity contribution in [2.45, 2.75) is 31.7 Å². The van der Waals surface area contributed by atoms with Crippen LogP contribution in [0.5, 0.6) is 5.75 Å². The first kappa shape index (κ1) is 14.0. The Kier molecular flexibility index (Phi) is 4.03. The highest BCUT2D eigenvalue weighted by Gasteiger charge is 2.39. The summed E-state index contributed by atoms with van der Waals surface area (Å²) in [4.78, 5) is 0. The molecule has 0 spiro atoms. The predicted octanol–water partition coefficient (Wildman–Crippen LogP) is 3.82. The lowest BCUT2D eigenvalue weighted by molar-refractivity contribution is 0.392. The average Bonchev–Trinajstić information content (AvgIpc) is 3.01. The second-order valence-electron chi connectivity index (χ2n) is 5.73. The molecule has 20 heavy (non-hydrogen) atoms. The van der Waals surface area contributed by atoms with Gasteiger partial charge < -0.3 is 15.4 Å². The van der Waals surface area contributed by atoms with Crippen LogP contribution in [0.15, 0.2) is 18.2 Å². The highest BCUT2D eigenvalue weighted by Crippen LogP contribution is 2.44. The monoisotopic (exact) mass is 310 g/mol. The van der Waals surface area contributed by atoms with E-state index in [0.29, 0.717) is 21.9 Å². The van der Waals surface area contributed by atoms with Gasteiger partial charge in [0.2, 0.25) is 0 Å². The van der Waals surface area contributed by atoms with Gasteiger partial charge in [-0.05, 0) is 61.5 Å². The van der Waals surface area contributed by atoms with E-state index in [0.717, 1.165) is 17.5 Å². The second-order valence-corrected chi connectivity index (χ2v) is 6.54. The van der Waals surface area contributed by atoms with Crippen molar-refractivity contribution in [1.29, 1.82) is 0 Å². The van der Waals surface area contributed by atoms with Crippen LogP contribution in [0.3, 0.4) is 0 Å². The van der Waals surface area contributed by atoms with Crippen LogP contribution < -0.4 is 15.4 Å². The van der Waals surface area contributed by atoms with Gasteiger partial charge in [0.25, 0.3) is 0 Å². The lowest BCUT2D eigenvalue weighted by atomic mass is 9.96. The van der Waals surface area contributed by atoms with Gasteiger partial charge in [-0.1, -0.05) is 18.0 Å². The quantitative estimate of drug-likeness (QED) is 0.832. The van der Waals surface area contributed by atoms with Crippen LogP contribution in [0.4, 0.5) is 5.69 Å². The molecule has 0 radical (unpaired) electrons. The molecule has 3 atom stereocenters. The summed E-state index contributed by atoms with van der Waals surface area (Å²) in [6.45, 7) is 0. The Hall–Kier alpha value is -1.00. The molecule has 0 amide bonds. The summed E-state index contributed by atoms with van der Waals surface area (Å²) in [6.07, 6.45) is 5.38. The van der Waals surface area contributed by atoms with E-state index in [9.17, 15) is 0 Å². The molecule has 2 fully saturated rings. The Morgan fingerprint density at radius 3 is 2.80 bits per heavy atom. The summed E-state index contributed by atoms with van der Waals surface area (Å²) < 4.78 is 5.14. The molecule has 5 heteroatoms. The largest absolute Gasteiger partial charge is 0.495 e. The van der Waals surface area contributed by atoms with Gasteiger partial charge in [-0.2, -0.15) is 0 Å². The average molecular weight is 311 g/mol. The number of methoxy groups -OCH3 is 1. The number of hydrogen-bond donors (Lipinski definition) is 2. The molecule has 0 heterocycles. The van der Waals surface area contributed by atoms with Gasteiger partial charge in [0.1, 0.15) is 5.75 Å². The van der Waals surface area contributed by atoms with E-state index in [-0.39, 0.29) is 0 Å². The van der Waals surface area contributed by atoms with Crippen LogP contribution in [0.1, 0.15) is 25.7 Å². The Morgan fingerprint density at radius 2 is 2.20 bits per heavy atom. The van der Waals surface area contributed by atoms with E-state index in [1.807, 2.05) is 18.2 Å². The summed E-state index contributed by atoms with van der Waals surface area (Å²) in [5.74, 6) is 2.39. The summed E-state index contributed by atoms with van der Waals surface area (Å²) in [5, 5.41) is 7.92. The van der Waals surface area contributed by atoms with Gasteiger partial charge in [-0.25, -0.2) is 0 Å². The van der Waals surface area contributed by atoms with Crippen LogP contribution in [0, 0.1) is 11.8 Å². The molecule has 2 bridgehead atoms. The van der Waals surface area contributed by atoms with Gasteiger partial charge in [0, 0.05) is 11.7 Å². The van der Waals surface area contributed by atoms with Crippen molar-refractivity contribution in [3.05, 3.63) is 23.2 Å². The van der Waals surface area contributed by atoms with Crippen LogP contribution in [0.2, 0.25) is 5.02 Å². The maximum absolute atomic E-state index is 6.11. The molecule has 2 N–H and O–H groups in total. The molecule has 108 valence electrons. The van der Waals surface area contributed by atoms with Crippen LogP contribution in [-0.4, -0.2) is 18.3 Å². The molecule has 3 rings (SSSR count). The zero-order chi connectivity index (χ0) is 14.1. The summed E-state index contributed by atoms with van der Waals surface area (Å²) in [7, 11) is 1.61. The fraction of sp³-hybridized carbons (Fsp3) is 0.533. The van der Waals surface area contributed by atoms with Crippen LogP contribution in [-0.2, 0) is 0 Å². The van der Waals surface area contributed by atoms with E-state index in [1.54, 1.807) is 7.11 Å². The maximum atomic E-state index is 6.11. The zero-order valence-corrected chi connectivity index (χ0v) is 13.1. The molecular weight excluding hydrogens is 292 g/mol. The van der Waals surface area contributed by atoms with Crippen molar-refractivity contribution in [3.63, 3.8) is 0 Å². The lowest BCUT2D eigenvalue weighted by Crippen LogP contribution is -2.40. The minimum atomic E-state index is 0.544. The molecular formula is C15H19ClN2OS. The number of hydrogen-bond acceptors (Lipinski definition) is 2. The molecule has 0 aromatic heterocycles. The fourth-order valence-electron chi connectivity index (χ4n) is 3.50. The van der Waals surface area contributed by atoms with E-state index in [2.05, 4.69) is 10.6 Å². The first-order valence-electron chi connectivity index (χ1n) is 7.07. The standard InChI is InChI=1S/C15H19ClN2OS/c1-19-14-5-4-11(8-12(14)16)17-15(20)18-13-7-9-2-3-10(13)6-9/h4-5,8-10,13H,2-3,6-7H2,1H3,(H2,17,18,20)/t9-,10-,13-/m1/s1. The second kappa shape index (κ2) is 5.78. The molecule has 1 aromatic rings. The number of benzene rings is 1. The van der Waals surface area contributed by atoms with Gasteiger partial charge in [0.15, 0.2) is 5.11 Å². The Balaban J connectivity index is 1.57. The van der Waals surface area contributed by atoms with Crippen LogP contribution >= 0.6 is 23.8 Å². The fourth-order valence-corrected chi connectivity index (χ4v) is 4.03. The minimum Gasteiger partial charge on any atom is -0.495 e. The number of ether oxygens (including phenoxy) is 1. The molecule has 2 saturated carbocycles. The lowest BCUT2D eigenvalue weighted by Gasteiger charge is -2.24. The van der Waals surface area contributed by atoms with Crippen molar-refractivity contribution in [3.8, 4) is 5.75 Å². The molecule has 0 aliphatic heterocycles. The van der Waals surface area contributed by atoms with Crippen LogP contribution in [0.25, 0.3) is 0 Å². The third-order valence-electron chi connectivity index (χ3n) is 4.46. The van der Waals surface area contributed by atoms with E-state index in [1.165, 1.54) is 25.7 Å². The van der Waals surface area contributed by atoms with Gasteiger partial charge in [-0.15, -0.1) is 0 Å². The van der Waals surface area contributed by atoms with E-state index in [4.69, 9.17) is 28.6 Å². The molecule has 1 aromatic carbocycles. The van der Waals surface area contributed by atoms with Crippen molar-refractivity contribution >= 4 is 34.6 Å². The Labute approximate surface area is 130 Å². The van der Waals surface area contributed by atoms with Gasteiger partial charge >= 0.3 is 0 Å². The van der Waals surface area contributed by atoms with Crippen molar-refractivity contribution in [1.82, 2.24) is 5.32 Å². The molecule has 2 aliphatic carbocycles. The number of halogens is 1. The molecule has 2 aliphatic rings. The van der Waals surface area contributed by atoms with E-state index < -0.39 is 0 Å². The first-order valence-corrected chi connectivity index (χ1v) is 7.85. The normalized spacial score (nSPS) is 27.4. The Morgan fingerprint density at radius 1 is 1.35 bits per heavy atom. The van der Waals surface area contributed by atoms with Gasteiger partial charge in [0.05, 0.1) is 12.1 Å². The first-order chi connectivity index (χ1) is 9.65. The van der Waals surface area contributed by atoms with E-state index >= 15 is 0 Å². The van der Waals surface area contributed by atoms with Crippen molar-refractivity contribution in [2.24, 2.45) is 11.8 Å².